The second-order valence-corrected chi connectivity index (χ2v) is 8.29. The van der Waals surface area contributed by atoms with Crippen molar-refractivity contribution < 1.29 is 23.9 Å². The number of hydrogen-bond donors (Lipinski definition) is 3. The monoisotopic (exact) mass is 454 g/mol. The molecule has 0 radical (unpaired) electrons. The summed E-state index contributed by atoms with van der Waals surface area (Å²) in [5, 5.41) is 0. The first-order valence-electron chi connectivity index (χ1n) is 11.2. The molecule has 0 unspecified atom stereocenters. The van der Waals surface area contributed by atoms with Gasteiger partial charge in [-0.3, -0.25) is 14.6 Å². The van der Waals surface area contributed by atoms with Gasteiger partial charge in [0.15, 0.2) is 5.96 Å². The Morgan fingerprint density at radius 2 is 1.94 bits per heavy atom. The molecule has 0 bridgehead atoms. The number of amides is 3. The molecule has 0 aromatic carbocycles. The van der Waals surface area contributed by atoms with Gasteiger partial charge in [0.25, 0.3) is 5.91 Å². The van der Waals surface area contributed by atoms with E-state index in [-0.39, 0.29) is 37.4 Å². The molecule has 0 aromatic rings. The highest BCUT2D eigenvalue weighted by Gasteiger charge is 2.42. The van der Waals surface area contributed by atoms with Crippen molar-refractivity contribution in [2.75, 3.05) is 19.7 Å². The molecule has 1 aliphatic heterocycles. The van der Waals surface area contributed by atoms with E-state index in [4.69, 9.17) is 21.9 Å². The largest absolute Gasteiger partial charge is 0.449 e. The fourth-order valence-electron chi connectivity index (χ4n) is 3.45. The zero-order chi connectivity index (χ0) is 24.3. The fraction of sp³-hybridized carbons (Fsp3) is 0.762. The summed E-state index contributed by atoms with van der Waals surface area (Å²) in [6.45, 7) is 6.33. The zero-order valence-corrected chi connectivity index (χ0v) is 19.4. The van der Waals surface area contributed by atoms with Gasteiger partial charge < -0.3 is 31.6 Å². The van der Waals surface area contributed by atoms with Gasteiger partial charge in [-0.05, 0) is 38.0 Å². The predicted octanol–water partition coefficient (Wildman–Crippen LogP) is 0.347. The first-order valence-corrected chi connectivity index (χ1v) is 11.2. The minimum absolute atomic E-state index is 0.0823. The highest BCUT2D eigenvalue weighted by atomic mass is 16.6. The van der Waals surface area contributed by atoms with E-state index in [1.807, 2.05) is 20.8 Å². The Balaban J connectivity index is 3.08. The van der Waals surface area contributed by atoms with E-state index in [9.17, 15) is 19.2 Å². The molecule has 0 aliphatic carbocycles. The molecular weight excluding hydrogens is 416 g/mol. The van der Waals surface area contributed by atoms with Crippen LogP contribution in [-0.4, -0.2) is 77.8 Å². The normalized spacial score (nSPS) is 17.5. The van der Waals surface area contributed by atoms with Gasteiger partial charge >= 0.3 is 6.09 Å². The van der Waals surface area contributed by atoms with Crippen molar-refractivity contribution >= 4 is 30.2 Å². The summed E-state index contributed by atoms with van der Waals surface area (Å²) in [5.74, 6) is -1.16. The Bertz CT molecular complexity index is 680. The molecule has 0 spiro atoms. The van der Waals surface area contributed by atoms with Gasteiger partial charge in [-0.1, -0.05) is 27.2 Å². The molecule has 1 heterocycles. The molecule has 11 nitrogen and oxygen atoms in total. The van der Waals surface area contributed by atoms with E-state index >= 15 is 0 Å². The summed E-state index contributed by atoms with van der Waals surface area (Å²) in [5.41, 5.74) is 16.6. The average Bonchev–Trinajstić information content (AvgIpc) is 3.24. The maximum absolute atomic E-state index is 13.4. The van der Waals surface area contributed by atoms with E-state index in [0.29, 0.717) is 38.5 Å². The molecule has 1 saturated heterocycles. The lowest BCUT2D eigenvalue weighted by atomic mass is 10.0. The van der Waals surface area contributed by atoms with Crippen LogP contribution < -0.4 is 17.2 Å². The van der Waals surface area contributed by atoms with Crippen LogP contribution in [0.3, 0.4) is 0 Å². The Morgan fingerprint density at radius 3 is 2.50 bits per heavy atom. The summed E-state index contributed by atoms with van der Waals surface area (Å²) in [4.78, 5) is 57.0. The van der Waals surface area contributed by atoms with Gasteiger partial charge in [0.2, 0.25) is 5.91 Å². The van der Waals surface area contributed by atoms with Crippen LogP contribution in [0.1, 0.15) is 59.3 Å². The predicted molar refractivity (Wildman–Crippen MR) is 120 cm³/mol. The first kappa shape index (κ1) is 27.3. The van der Waals surface area contributed by atoms with Crippen molar-refractivity contribution in [3.8, 4) is 0 Å². The molecule has 6 N–H and O–H groups in total. The SMILES string of the molecule is CCCCOC(=O)N(C(=O)[C@@H]1CCCN1C(=O)[C@@H](N)C(C)C)[C@H](C=O)CCCN=C(N)N. The van der Waals surface area contributed by atoms with E-state index in [1.165, 1.54) is 4.90 Å². The molecule has 182 valence electrons. The van der Waals surface area contributed by atoms with Crippen LogP contribution >= 0.6 is 0 Å². The standard InChI is InChI=1S/C21H38N6O5/c1-4-5-12-32-21(31)27(15(13-28)8-6-10-25-20(23)24)18(29)16-9-7-11-26(16)19(30)17(22)14(2)3/h13-17H,4-12,22H2,1-3H3,(H4,23,24,25)/t15-,16-,17-/m0/s1. The minimum atomic E-state index is -1.05. The van der Waals surface area contributed by atoms with E-state index in [2.05, 4.69) is 4.99 Å². The average molecular weight is 455 g/mol. The summed E-state index contributed by atoms with van der Waals surface area (Å²) >= 11 is 0. The molecule has 11 heteroatoms. The number of unbranched alkanes of at least 4 members (excludes halogenated alkanes) is 1. The van der Waals surface area contributed by atoms with Crippen LogP contribution in [0.2, 0.25) is 0 Å². The lowest BCUT2D eigenvalue weighted by molar-refractivity contribution is -0.146. The number of guanidine groups is 1. The topological polar surface area (TPSA) is 174 Å². The third-order valence-electron chi connectivity index (χ3n) is 5.42. The van der Waals surface area contributed by atoms with Crippen molar-refractivity contribution in [3.63, 3.8) is 0 Å². The first-order chi connectivity index (χ1) is 15.1. The number of rotatable bonds is 12. The van der Waals surface area contributed by atoms with Crippen LogP contribution in [-0.2, 0) is 19.1 Å². The van der Waals surface area contributed by atoms with Crippen molar-refractivity contribution in [2.24, 2.45) is 28.1 Å². The summed E-state index contributed by atoms with van der Waals surface area (Å²) in [6, 6.07) is -2.68. The number of ether oxygens (including phenoxy) is 1. The molecule has 0 saturated carbocycles. The molecule has 1 fully saturated rings. The van der Waals surface area contributed by atoms with Crippen LogP contribution in [0.15, 0.2) is 4.99 Å². The Morgan fingerprint density at radius 1 is 1.25 bits per heavy atom. The summed E-state index contributed by atoms with van der Waals surface area (Å²) in [7, 11) is 0. The second kappa shape index (κ2) is 13.7. The number of nitrogens with zero attached hydrogens (tertiary/aromatic N) is 3. The number of aldehydes is 1. The molecular formula is C21H38N6O5. The van der Waals surface area contributed by atoms with Gasteiger partial charge in [0, 0.05) is 13.1 Å². The number of likely N-dealkylation sites (tertiary alicyclic amines) is 1. The summed E-state index contributed by atoms with van der Waals surface area (Å²) in [6.07, 6.45) is 2.59. The number of hydrogen-bond acceptors (Lipinski definition) is 7. The molecule has 1 aliphatic rings. The summed E-state index contributed by atoms with van der Waals surface area (Å²) < 4.78 is 5.25. The Labute approximate surface area is 189 Å². The highest BCUT2D eigenvalue weighted by Crippen LogP contribution is 2.23. The van der Waals surface area contributed by atoms with E-state index < -0.39 is 30.1 Å². The van der Waals surface area contributed by atoms with Crippen LogP contribution in [0.4, 0.5) is 4.79 Å². The minimum Gasteiger partial charge on any atom is -0.449 e. The lowest BCUT2D eigenvalue weighted by Crippen LogP contribution is -2.56. The Hall–Kier alpha value is -2.69. The van der Waals surface area contributed by atoms with Crippen LogP contribution in [0.25, 0.3) is 0 Å². The molecule has 32 heavy (non-hydrogen) atoms. The molecule has 0 aromatic heterocycles. The van der Waals surface area contributed by atoms with Crippen molar-refractivity contribution in [1.29, 1.82) is 0 Å². The van der Waals surface area contributed by atoms with Crippen molar-refractivity contribution in [2.45, 2.75) is 77.4 Å². The number of imide groups is 1. The lowest BCUT2D eigenvalue weighted by Gasteiger charge is -2.33. The number of aliphatic imine (C=N–C) groups is 1. The van der Waals surface area contributed by atoms with Crippen molar-refractivity contribution in [3.05, 3.63) is 0 Å². The molecule has 3 atom stereocenters. The zero-order valence-electron chi connectivity index (χ0n) is 19.4. The van der Waals surface area contributed by atoms with Crippen molar-refractivity contribution in [1.82, 2.24) is 9.80 Å². The number of carbonyl (C=O) groups is 4. The molecule has 3 amide bonds. The van der Waals surface area contributed by atoms with Gasteiger partial charge in [-0.2, -0.15) is 0 Å². The maximum atomic E-state index is 13.4. The van der Waals surface area contributed by atoms with Crippen LogP contribution in [0, 0.1) is 5.92 Å². The highest BCUT2D eigenvalue weighted by molar-refractivity contribution is 5.99. The van der Waals surface area contributed by atoms with Gasteiger partial charge in [-0.25, -0.2) is 9.69 Å². The number of nitrogens with two attached hydrogens (primary N) is 3. The third kappa shape index (κ3) is 7.77. The fourth-order valence-corrected chi connectivity index (χ4v) is 3.45. The van der Waals surface area contributed by atoms with E-state index in [1.54, 1.807) is 0 Å². The smallest absolute Gasteiger partial charge is 0.417 e. The quantitative estimate of drug-likeness (QED) is 0.164. The van der Waals surface area contributed by atoms with Gasteiger partial charge in [-0.15, -0.1) is 0 Å². The van der Waals surface area contributed by atoms with Crippen LogP contribution in [0.5, 0.6) is 0 Å². The second-order valence-electron chi connectivity index (χ2n) is 8.29. The Kier molecular flexibility index (Phi) is 11.7. The molecule has 1 rings (SSSR count). The number of carbonyl (C=O) groups excluding carboxylic acids is 4. The van der Waals surface area contributed by atoms with E-state index in [0.717, 1.165) is 11.3 Å². The maximum Gasteiger partial charge on any atom is 0.417 e. The van der Waals surface area contributed by atoms with Gasteiger partial charge in [0.1, 0.15) is 12.3 Å². The van der Waals surface area contributed by atoms with Gasteiger partial charge in [0.05, 0.1) is 18.7 Å². The third-order valence-corrected chi connectivity index (χ3v) is 5.42.